The van der Waals surface area contributed by atoms with Gasteiger partial charge in [0, 0.05) is 25.3 Å². The summed E-state index contributed by atoms with van der Waals surface area (Å²) in [5.41, 5.74) is 1.12. The lowest BCUT2D eigenvalue weighted by molar-refractivity contribution is 0.122. The fourth-order valence-electron chi connectivity index (χ4n) is 3.36. The third kappa shape index (κ3) is 4.17. The maximum Gasteiger partial charge on any atom is 0.230 e. The van der Waals surface area contributed by atoms with Crippen molar-refractivity contribution in [2.75, 3.05) is 41.8 Å². The normalized spacial score (nSPS) is 18.3. The molecule has 7 nitrogen and oxygen atoms in total. The summed E-state index contributed by atoms with van der Waals surface area (Å²) < 4.78 is 5.39. The van der Waals surface area contributed by atoms with E-state index < -0.39 is 0 Å². The molecule has 2 fully saturated rings. The smallest absolute Gasteiger partial charge is 0.230 e. The second kappa shape index (κ2) is 7.65. The molecule has 0 amide bonds. The fourth-order valence-corrected chi connectivity index (χ4v) is 3.36. The van der Waals surface area contributed by atoms with Crippen molar-refractivity contribution < 1.29 is 4.74 Å². The molecule has 2 aromatic heterocycles. The Hall–Kier alpha value is -2.41. The number of rotatable bonds is 5. The number of pyridine rings is 1. The number of hydrogen-bond donors (Lipinski definition) is 2. The molecule has 0 atom stereocenters. The standard InChI is InChI=1S/C18H24N6O/c1-2-4-14(3-1)21-17-7-8-19-18(23-17)22-16-6-5-15(13-20-16)24-9-11-25-12-10-24/h5-8,13-14H,1-4,9-12H2,(H2,19,20,21,22,23). The van der Waals surface area contributed by atoms with E-state index in [0.29, 0.717) is 12.0 Å². The Morgan fingerprint density at radius 3 is 2.60 bits per heavy atom. The van der Waals surface area contributed by atoms with Gasteiger partial charge in [-0.1, -0.05) is 12.8 Å². The van der Waals surface area contributed by atoms with Gasteiger partial charge in [-0.25, -0.2) is 9.97 Å². The highest BCUT2D eigenvalue weighted by molar-refractivity contribution is 5.55. The zero-order chi connectivity index (χ0) is 16.9. The highest BCUT2D eigenvalue weighted by atomic mass is 16.5. The first kappa shape index (κ1) is 16.1. The summed E-state index contributed by atoms with van der Waals surface area (Å²) in [5.74, 6) is 2.18. The molecule has 2 aromatic rings. The van der Waals surface area contributed by atoms with Crippen LogP contribution in [0.2, 0.25) is 0 Å². The van der Waals surface area contributed by atoms with Gasteiger partial charge in [-0.15, -0.1) is 0 Å². The van der Waals surface area contributed by atoms with Crippen molar-refractivity contribution in [2.24, 2.45) is 0 Å². The van der Waals surface area contributed by atoms with Gasteiger partial charge in [-0.05, 0) is 31.0 Å². The van der Waals surface area contributed by atoms with E-state index in [1.807, 2.05) is 18.3 Å². The van der Waals surface area contributed by atoms with Gasteiger partial charge in [0.2, 0.25) is 5.95 Å². The number of morpholine rings is 1. The highest BCUT2D eigenvalue weighted by Crippen LogP contribution is 2.22. The summed E-state index contributed by atoms with van der Waals surface area (Å²) in [6.07, 6.45) is 8.69. The van der Waals surface area contributed by atoms with Crippen molar-refractivity contribution in [3.63, 3.8) is 0 Å². The fraction of sp³-hybridized carbons (Fsp3) is 0.500. The molecule has 4 rings (SSSR count). The lowest BCUT2D eigenvalue weighted by Crippen LogP contribution is -2.36. The first-order valence-corrected chi connectivity index (χ1v) is 9.02. The summed E-state index contributed by atoms with van der Waals surface area (Å²) >= 11 is 0. The zero-order valence-electron chi connectivity index (χ0n) is 14.3. The predicted octanol–water partition coefficient (Wildman–Crippen LogP) is 2.81. The van der Waals surface area contributed by atoms with E-state index >= 15 is 0 Å². The third-order valence-electron chi connectivity index (χ3n) is 4.73. The Labute approximate surface area is 147 Å². The van der Waals surface area contributed by atoms with E-state index in [9.17, 15) is 0 Å². The van der Waals surface area contributed by atoms with Crippen molar-refractivity contribution in [3.8, 4) is 0 Å². The molecule has 0 bridgehead atoms. The molecule has 1 aliphatic carbocycles. The van der Waals surface area contributed by atoms with Gasteiger partial charge in [0.15, 0.2) is 0 Å². The van der Waals surface area contributed by atoms with E-state index in [-0.39, 0.29) is 0 Å². The number of anilines is 4. The third-order valence-corrected chi connectivity index (χ3v) is 4.73. The number of ether oxygens (including phenoxy) is 1. The highest BCUT2D eigenvalue weighted by Gasteiger charge is 2.15. The Balaban J connectivity index is 1.39. The summed E-state index contributed by atoms with van der Waals surface area (Å²) in [6.45, 7) is 3.36. The Bertz CT molecular complexity index is 680. The van der Waals surface area contributed by atoms with E-state index in [2.05, 4.69) is 36.6 Å². The van der Waals surface area contributed by atoms with Gasteiger partial charge in [0.05, 0.1) is 25.1 Å². The topological polar surface area (TPSA) is 75.2 Å². The lowest BCUT2D eigenvalue weighted by Gasteiger charge is -2.28. The van der Waals surface area contributed by atoms with Crippen LogP contribution in [0.4, 0.5) is 23.3 Å². The van der Waals surface area contributed by atoms with Crippen LogP contribution in [0.1, 0.15) is 25.7 Å². The molecule has 1 saturated carbocycles. The van der Waals surface area contributed by atoms with Crippen molar-refractivity contribution in [1.82, 2.24) is 15.0 Å². The minimum atomic E-state index is 0.536. The molecule has 2 N–H and O–H groups in total. The Morgan fingerprint density at radius 2 is 1.84 bits per heavy atom. The molecular weight excluding hydrogens is 316 g/mol. The Morgan fingerprint density at radius 1 is 1.00 bits per heavy atom. The molecule has 3 heterocycles. The molecule has 1 aliphatic heterocycles. The quantitative estimate of drug-likeness (QED) is 0.867. The second-order valence-corrected chi connectivity index (χ2v) is 6.52. The van der Waals surface area contributed by atoms with Gasteiger partial charge in [-0.3, -0.25) is 0 Å². The van der Waals surface area contributed by atoms with Gasteiger partial charge < -0.3 is 20.3 Å². The lowest BCUT2D eigenvalue weighted by atomic mass is 10.2. The molecule has 0 radical (unpaired) electrons. The largest absolute Gasteiger partial charge is 0.378 e. The summed E-state index contributed by atoms with van der Waals surface area (Å²) in [4.78, 5) is 15.6. The zero-order valence-corrected chi connectivity index (χ0v) is 14.3. The second-order valence-electron chi connectivity index (χ2n) is 6.52. The van der Waals surface area contributed by atoms with E-state index in [1.54, 1.807) is 6.20 Å². The van der Waals surface area contributed by atoms with Crippen molar-refractivity contribution in [2.45, 2.75) is 31.7 Å². The van der Waals surface area contributed by atoms with Crippen LogP contribution in [-0.2, 0) is 4.74 Å². The average molecular weight is 340 g/mol. The number of nitrogens with zero attached hydrogens (tertiary/aromatic N) is 4. The number of nitrogens with one attached hydrogen (secondary N) is 2. The van der Waals surface area contributed by atoms with Gasteiger partial charge in [0.1, 0.15) is 11.6 Å². The monoisotopic (exact) mass is 340 g/mol. The van der Waals surface area contributed by atoms with Crippen molar-refractivity contribution >= 4 is 23.3 Å². The van der Waals surface area contributed by atoms with E-state index in [1.165, 1.54) is 25.7 Å². The molecule has 132 valence electrons. The van der Waals surface area contributed by atoms with Crippen LogP contribution in [0.15, 0.2) is 30.6 Å². The van der Waals surface area contributed by atoms with Gasteiger partial charge in [-0.2, -0.15) is 4.98 Å². The van der Waals surface area contributed by atoms with Crippen molar-refractivity contribution in [1.29, 1.82) is 0 Å². The molecule has 0 unspecified atom stereocenters. The minimum Gasteiger partial charge on any atom is -0.378 e. The van der Waals surface area contributed by atoms with E-state index in [4.69, 9.17) is 4.74 Å². The van der Waals surface area contributed by atoms with Gasteiger partial charge >= 0.3 is 0 Å². The predicted molar refractivity (Wildman–Crippen MR) is 98.5 cm³/mol. The molecular formula is C18H24N6O. The first-order valence-electron chi connectivity index (χ1n) is 9.02. The van der Waals surface area contributed by atoms with Crippen LogP contribution >= 0.6 is 0 Å². The van der Waals surface area contributed by atoms with Crippen LogP contribution < -0.4 is 15.5 Å². The summed E-state index contributed by atoms with van der Waals surface area (Å²) in [7, 11) is 0. The number of aromatic nitrogens is 3. The van der Waals surface area contributed by atoms with Crippen LogP contribution in [0.3, 0.4) is 0 Å². The molecule has 0 spiro atoms. The van der Waals surface area contributed by atoms with Crippen LogP contribution in [0.25, 0.3) is 0 Å². The average Bonchev–Trinajstić information content (AvgIpc) is 3.16. The minimum absolute atomic E-state index is 0.536. The van der Waals surface area contributed by atoms with Crippen LogP contribution in [-0.4, -0.2) is 47.3 Å². The SMILES string of the molecule is c1cc(NC2CCCC2)nc(Nc2ccc(N3CCOCC3)cn2)n1. The number of hydrogen-bond acceptors (Lipinski definition) is 7. The van der Waals surface area contributed by atoms with Crippen LogP contribution in [0, 0.1) is 0 Å². The molecule has 2 aliphatic rings. The van der Waals surface area contributed by atoms with E-state index in [0.717, 1.165) is 43.6 Å². The summed E-state index contributed by atoms with van der Waals surface area (Å²) in [5, 5.41) is 6.67. The molecule has 25 heavy (non-hydrogen) atoms. The van der Waals surface area contributed by atoms with Crippen molar-refractivity contribution in [3.05, 3.63) is 30.6 Å². The summed E-state index contributed by atoms with van der Waals surface area (Å²) in [6, 6.07) is 6.49. The first-order chi connectivity index (χ1) is 12.4. The van der Waals surface area contributed by atoms with Gasteiger partial charge in [0.25, 0.3) is 0 Å². The molecule has 1 saturated heterocycles. The Kier molecular flexibility index (Phi) is 4.92. The molecule has 7 heteroatoms. The maximum atomic E-state index is 5.39. The molecule has 0 aromatic carbocycles. The van der Waals surface area contributed by atoms with Crippen LogP contribution in [0.5, 0.6) is 0 Å². The maximum absolute atomic E-state index is 5.39.